The minimum absolute atomic E-state index is 0.0286. The van der Waals surface area contributed by atoms with Crippen LogP contribution in [0.15, 0.2) is 0 Å². The van der Waals surface area contributed by atoms with Gasteiger partial charge in [-0.05, 0) is 18.3 Å². The SMILES string of the molecule is CC(C)CC(C)(C)C(=O)NCC(O)C(C)C. The number of aliphatic hydroxyl groups is 1. The highest BCUT2D eigenvalue weighted by molar-refractivity contribution is 5.81. The summed E-state index contributed by atoms with van der Waals surface area (Å²) in [5, 5.41) is 12.4. The van der Waals surface area contributed by atoms with E-state index in [9.17, 15) is 9.90 Å². The summed E-state index contributed by atoms with van der Waals surface area (Å²) in [5.41, 5.74) is -0.356. The number of carbonyl (C=O) groups is 1. The molecule has 0 saturated carbocycles. The third-order valence-corrected chi connectivity index (χ3v) is 2.77. The second-order valence-corrected chi connectivity index (χ2v) is 6.00. The number of nitrogens with one attached hydrogen (secondary N) is 1. The van der Waals surface area contributed by atoms with E-state index in [1.165, 1.54) is 0 Å². The minimum atomic E-state index is -0.459. The van der Waals surface area contributed by atoms with Crippen molar-refractivity contribution in [1.29, 1.82) is 0 Å². The van der Waals surface area contributed by atoms with E-state index in [4.69, 9.17) is 0 Å². The van der Waals surface area contributed by atoms with E-state index in [1.54, 1.807) is 0 Å². The molecule has 1 amide bonds. The largest absolute Gasteiger partial charge is 0.391 e. The molecule has 96 valence electrons. The Labute approximate surface area is 99.6 Å². The molecule has 1 unspecified atom stereocenters. The van der Waals surface area contributed by atoms with Crippen LogP contribution in [0.5, 0.6) is 0 Å². The highest BCUT2D eigenvalue weighted by atomic mass is 16.3. The molecule has 2 N–H and O–H groups in total. The Morgan fingerprint density at radius 2 is 1.75 bits per heavy atom. The second kappa shape index (κ2) is 6.24. The molecule has 0 rings (SSSR count). The maximum atomic E-state index is 11.9. The molecule has 0 heterocycles. The monoisotopic (exact) mass is 229 g/mol. The molecular formula is C13H27NO2. The molecule has 3 heteroatoms. The number of carbonyl (C=O) groups excluding carboxylic acids is 1. The van der Waals surface area contributed by atoms with Gasteiger partial charge in [0.1, 0.15) is 0 Å². The van der Waals surface area contributed by atoms with Crippen LogP contribution in [0, 0.1) is 17.3 Å². The summed E-state index contributed by atoms with van der Waals surface area (Å²) >= 11 is 0. The van der Waals surface area contributed by atoms with Crippen molar-refractivity contribution < 1.29 is 9.90 Å². The maximum Gasteiger partial charge on any atom is 0.225 e. The Morgan fingerprint density at radius 3 is 2.12 bits per heavy atom. The first kappa shape index (κ1) is 15.4. The van der Waals surface area contributed by atoms with E-state index in [0.717, 1.165) is 6.42 Å². The van der Waals surface area contributed by atoms with Gasteiger partial charge in [-0.3, -0.25) is 4.79 Å². The van der Waals surface area contributed by atoms with Crippen LogP contribution < -0.4 is 5.32 Å². The third-order valence-electron chi connectivity index (χ3n) is 2.77. The molecule has 0 radical (unpaired) electrons. The topological polar surface area (TPSA) is 49.3 Å². The first-order valence-electron chi connectivity index (χ1n) is 6.13. The first-order valence-corrected chi connectivity index (χ1v) is 6.13. The van der Waals surface area contributed by atoms with E-state index in [0.29, 0.717) is 12.5 Å². The summed E-state index contributed by atoms with van der Waals surface area (Å²) in [4.78, 5) is 11.9. The molecule has 0 aliphatic heterocycles. The van der Waals surface area contributed by atoms with Crippen LogP contribution in [-0.4, -0.2) is 23.7 Å². The summed E-state index contributed by atoms with van der Waals surface area (Å²) in [6.45, 7) is 12.3. The van der Waals surface area contributed by atoms with Crippen LogP contribution >= 0.6 is 0 Å². The molecule has 0 saturated heterocycles. The van der Waals surface area contributed by atoms with Crippen molar-refractivity contribution in [2.24, 2.45) is 17.3 Å². The average Bonchev–Trinajstić information content (AvgIpc) is 2.10. The summed E-state index contributed by atoms with van der Waals surface area (Å²) in [6, 6.07) is 0. The molecule has 0 aliphatic carbocycles. The van der Waals surface area contributed by atoms with Crippen LogP contribution in [0.4, 0.5) is 0 Å². The molecule has 0 aromatic heterocycles. The lowest BCUT2D eigenvalue weighted by atomic mass is 9.83. The van der Waals surface area contributed by atoms with Crippen molar-refractivity contribution in [1.82, 2.24) is 5.32 Å². The third kappa shape index (κ3) is 5.50. The standard InChI is InChI=1S/C13H27NO2/c1-9(2)7-13(5,6)12(16)14-8-11(15)10(3)4/h9-11,15H,7-8H2,1-6H3,(H,14,16). The van der Waals surface area contributed by atoms with Gasteiger partial charge in [0, 0.05) is 12.0 Å². The number of rotatable bonds is 6. The van der Waals surface area contributed by atoms with Crippen molar-refractivity contribution in [3.63, 3.8) is 0 Å². The Balaban J connectivity index is 4.15. The van der Waals surface area contributed by atoms with Crippen LogP contribution in [0.3, 0.4) is 0 Å². The van der Waals surface area contributed by atoms with Crippen molar-refractivity contribution in [3.05, 3.63) is 0 Å². The molecule has 0 spiro atoms. The fourth-order valence-electron chi connectivity index (χ4n) is 1.79. The van der Waals surface area contributed by atoms with Crippen LogP contribution in [0.25, 0.3) is 0 Å². The van der Waals surface area contributed by atoms with E-state index in [2.05, 4.69) is 19.2 Å². The molecule has 0 fully saturated rings. The summed E-state index contributed by atoms with van der Waals surface area (Å²) in [6.07, 6.45) is 0.398. The highest BCUT2D eigenvalue weighted by Crippen LogP contribution is 2.25. The summed E-state index contributed by atoms with van der Waals surface area (Å²) in [5.74, 6) is 0.699. The molecule has 0 aliphatic rings. The Morgan fingerprint density at radius 1 is 1.25 bits per heavy atom. The van der Waals surface area contributed by atoms with Gasteiger partial charge in [0.2, 0.25) is 5.91 Å². The molecule has 0 bridgehead atoms. The zero-order valence-corrected chi connectivity index (χ0v) is 11.5. The Kier molecular flexibility index (Phi) is 6.01. The zero-order valence-electron chi connectivity index (χ0n) is 11.5. The van der Waals surface area contributed by atoms with Gasteiger partial charge in [0.25, 0.3) is 0 Å². The van der Waals surface area contributed by atoms with E-state index in [1.807, 2.05) is 27.7 Å². The van der Waals surface area contributed by atoms with Gasteiger partial charge in [-0.1, -0.05) is 41.5 Å². The molecule has 0 aromatic rings. The van der Waals surface area contributed by atoms with Gasteiger partial charge >= 0.3 is 0 Å². The van der Waals surface area contributed by atoms with Crippen LogP contribution in [-0.2, 0) is 4.79 Å². The van der Waals surface area contributed by atoms with Crippen molar-refractivity contribution >= 4 is 5.91 Å². The summed E-state index contributed by atoms with van der Waals surface area (Å²) in [7, 11) is 0. The van der Waals surface area contributed by atoms with E-state index >= 15 is 0 Å². The van der Waals surface area contributed by atoms with Gasteiger partial charge in [-0.25, -0.2) is 0 Å². The lowest BCUT2D eigenvalue weighted by molar-refractivity contribution is -0.130. The van der Waals surface area contributed by atoms with E-state index < -0.39 is 6.10 Å². The van der Waals surface area contributed by atoms with Crippen LogP contribution in [0.1, 0.15) is 48.0 Å². The lowest BCUT2D eigenvalue weighted by Crippen LogP contribution is -2.42. The number of amides is 1. The summed E-state index contributed by atoms with van der Waals surface area (Å²) < 4.78 is 0. The fourth-order valence-corrected chi connectivity index (χ4v) is 1.79. The second-order valence-electron chi connectivity index (χ2n) is 6.00. The predicted molar refractivity (Wildman–Crippen MR) is 67.1 cm³/mol. The minimum Gasteiger partial charge on any atom is -0.391 e. The molecular weight excluding hydrogens is 202 g/mol. The Bertz CT molecular complexity index is 222. The molecule has 16 heavy (non-hydrogen) atoms. The normalized spacial score (nSPS) is 14.3. The molecule has 3 nitrogen and oxygen atoms in total. The van der Waals surface area contributed by atoms with Crippen LogP contribution in [0.2, 0.25) is 0 Å². The van der Waals surface area contributed by atoms with E-state index in [-0.39, 0.29) is 17.2 Å². The van der Waals surface area contributed by atoms with Gasteiger partial charge in [0.15, 0.2) is 0 Å². The van der Waals surface area contributed by atoms with Gasteiger partial charge in [-0.15, -0.1) is 0 Å². The molecule has 1 atom stereocenters. The zero-order chi connectivity index (χ0) is 12.9. The number of hydrogen-bond acceptors (Lipinski definition) is 2. The lowest BCUT2D eigenvalue weighted by Gasteiger charge is -2.26. The fraction of sp³-hybridized carbons (Fsp3) is 0.923. The predicted octanol–water partition coefficient (Wildman–Crippen LogP) is 2.19. The van der Waals surface area contributed by atoms with Crippen molar-refractivity contribution in [2.75, 3.05) is 6.54 Å². The van der Waals surface area contributed by atoms with Gasteiger partial charge in [0.05, 0.1) is 6.10 Å². The molecule has 0 aromatic carbocycles. The first-order chi connectivity index (χ1) is 7.16. The smallest absolute Gasteiger partial charge is 0.225 e. The van der Waals surface area contributed by atoms with Crippen molar-refractivity contribution in [2.45, 2.75) is 54.1 Å². The maximum absolute atomic E-state index is 11.9. The number of hydrogen-bond donors (Lipinski definition) is 2. The highest BCUT2D eigenvalue weighted by Gasteiger charge is 2.28. The van der Waals surface area contributed by atoms with Gasteiger partial charge < -0.3 is 10.4 Å². The Hall–Kier alpha value is -0.570. The quantitative estimate of drug-likeness (QED) is 0.733. The van der Waals surface area contributed by atoms with Gasteiger partial charge in [-0.2, -0.15) is 0 Å². The van der Waals surface area contributed by atoms with Crippen molar-refractivity contribution in [3.8, 4) is 0 Å². The average molecular weight is 229 g/mol. The number of aliphatic hydroxyl groups excluding tert-OH is 1.